The molecule has 0 bridgehead atoms. The summed E-state index contributed by atoms with van der Waals surface area (Å²) in [5, 5.41) is 6.89. The Morgan fingerprint density at radius 3 is 2.67 bits per heavy atom. The maximum absolute atomic E-state index is 11.7. The molecule has 7 nitrogen and oxygen atoms in total. The molecule has 0 unspecified atom stereocenters. The van der Waals surface area contributed by atoms with E-state index in [-0.39, 0.29) is 5.76 Å². The molecule has 2 aromatic rings. The number of aromatic nitrogens is 1. The highest BCUT2D eigenvalue weighted by atomic mass is 32.2. The van der Waals surface area contributed by atoms with Crippen molar-refractivity contribution in [3.8, 4) is 0 Å². The number of pyridine rings is 1. The van der Waals surface area contributed by atoms with E-state index in [1.54, 1.807) is 18.3 Å². The Bertz CT molecular complexity index is 663. The average molecular weight is 267 g/mol. The second-order valence-electron chi connectivity index (χ2n) is 3.36. The molecule has 94 valence electrons. The molecule has 2 aromatic heterocycles. The van der Waals surface area contributed by atoms with Crippen LogP contribution >= 0.6 is 0 Å². The van der Waals surface area contributed by atoms with E-state index in [1.807, 2.05) is 0 Å². The minimum Gasteiger partial charge on any atom is -0.438 e. The first-order valence-corrected chi connectivity index (χ1v) is 6.35. The van der Waals surface area contributed by atoms with E-state index in [2.05, 4.69) is 10.3 Å². The van der Waals surface area contributed by atoms with E-state index < -0.39 is 21.0 Å². The molecule has 0 saturated heterocycles. The van der Waals surface area contributed by atoms with Gasteiger partial charge in [0.1, 0.15) is 0 Å². The highest BCUT2D eigenvalue weighted by Crippen LogP contribution is 2.14. The van der Waals surface area contributed by atoms with Crippen molar-refractivity contribution >= 4 is 21.6 Å². The zero-order chi connectivity index (χ0) is 13.2. The third-order valence-corrected chi connectivity index (χ3v) is 2.79. The minimum absolute atomic E-state index is 0.150. The van der Waals surface area contributed by atoms with Gasteiger partial charge in [-0.25, -0.2) is 13.6 Å². The highest BCUT2D eigenvalue weighted by molar-refractivity contribution is 7.89. The fraction of sp³-hybridized carbons (Fsp3) is 0. The van der Waals surface area contributed by atoms with Gasteiger partial charge in [0.25, 0.3) is 15.9 Å². The molecule has 0 aliphatic rings. The molecular formula is C10H9N3O4S. The fourth-order valence-corrected chi connectivity index (χ4v) is 1.69. The lowest BCUT2D eigenvalue weighted by molar-refractivity contribution is 0.0991. The van der Waals surface area contributed by atoms with Gasteiger partial charge in [-0.2, -0.15) is 0 Å². The van der Waals surface area contributed by atoms with Gasteiger partial charge >= 0.3 is 0 Å². The minimum atomic E-state index is -3.95. The molecule has 8 heteroatoms. The topological polar surface area (TPSA) is 115 Å². The summed E-state index contributed by atoms with van der Waals surface area (Å²) in [6.45, 7) is 0. The van der Waals surface area contributed by atoms with Crippen molar-refractivity contribution in [1.82, 2.24) is 4.98 Å². The van der Waals surface area contributed by atoms with E-state index >= 15 is 0 Å². The van der Waals surface area contributed by atoms with Crippen molar-refractivity contribution in [3.63, 3.8) is 0 Å². The third kappa shape index (κ3) is 2.73. The fourth-order valence-electron chi connectivity index (χ4n) is 1.22. The van der Waals surface area contributed by atoms with Crippen molar-refractivity contribution in [2.24, 2.45) is 5.14 Å². The smallest absolute Gasteiger partial charge is 0.291 e. The Balaban J connectivity index is 2.18. The number of nitrogens with zero attached hydrogens (tertiary/aromatic N) is 1. The summed E-state index contributed by atoms with van der Waals surface area (Å²) in [4.78, 5) is 15.5. The van der Waals surface area contributed by atoms with Crippen LogP contribution in [0.1, 0.15) is 10.6 Å². The summed E-state index contributed by atoms with van der Waals surface area (Å²) in [7, 11) is -3.95. The van der Waals surface area contributed by atoms with Crippen LogP contribution in [0.4, 0.5) is 5.69 Å². The monoisotopic (exact) mass is 267 g/mol. The van der Waals surface area contributed by atoms with Crippen molar-refractivity contribution in [3.05, 3.63) is 42.4 Å². The summed E-state index contributed by atoms with van der Waals surface area (Å²) < 4.78 is 26.8. The van der Waals surface area contributed by atoms with E-state index in [0.717, 1.165) is 6.07 Å². The number of hydrogen-bond donors (Lipinski definition) is 2. The van der Waals surface area contributed by atoms with Crippen molar-refractivity contribution in [1.29, 1.82) is 0 Å². The molecule has 0 saturated carbocycles. The number of anilines is 1. The SMILES string of the molecule is NS(=O)(=O)c1ccc(C(=O)Nc2cccnc2)o1. The van der Waals surface area contributed by atoms with Gasteiger partial charge in [-0.15, -0.1) is 0 Å². The molecular weight excluding hydrogens is 258 g/mol. The van der Waals surface area contributed by atoms with Gasteiger partial charge in [-0.3, -0.25) is 9.78 Å². The second kappa shape index (κ2) is 4.59. The Labute approximate surface area is 103 Å². The number of carbonyl (C=O) groups is 1. The van der Waals surface area contributed by atoms with Crippen LogP contribution in [-0.4, -0.2) is 19.3 Å². The van der Waals surface area contributed by atoms with Crippen LogP contribution in [0.5, 0.6) is 0 Å². The van der Waals surface area contributed by atoms with Gasteiger partial charge in [0.2, 0.25) is 5.09 Å². The molecule has 0 fully saturated rings. The molecule has 0 aromatic carbocycles. The predicted molar refractivity (Wildman–Crippen MR) is 62.3 cm³/mol. The third-order valence-electron chi connectivity index (χ3n) is 2.00. The van der Waals surface area contributed by atoms with Gasteiger partial charge in [-0.1, -0.05) is 0 Å². The Hall–Kier alpha value is -2.19. The van der Waals surface area contributed by atoms with Crippen molar-refractivity contribution in [2.75, 3.05) is 5.32 Å². The predicted octanol–water partition coefficient (Wildman–Crippen LogP) is 0.574. The van der Waals surface area contributed by atoms with Crippen molar-refractivity contribution < 1.29 is 17.6 Å². The molecule has 2 heterocycles. The molecule has 3 N–H and O–H groups in total. The Kier molecular flexibility index (Phi) is 3.13. The summed E-state index contributed by atoms with van der Waals surface area (Å²) in [6.07, 6.45) is 3.00. The van der Waals surface area contributed by atoms with Crippen LogP contribution in [0, 0.1) is 0 Å². The molecule has 0 spiro atoms. The molecule has 0 radical (unpaired) electrons. The lowest BCUT2D eigenvalue weighted by Gasteiger charge is -2.01. The van der Waals surface area contributed by atoms with Gasteiger partial charge in [-0.05, 0) is 24.3 Å². The van der Waals surface area contributed by atoms with Gasteiger partial charge in [0.15, 0.2) is 5.76 Å². The summed E-state index contributed by atoms with van der Waals surface area (Å²) in [5.74, 6) is -0.735. The largest absolute Gasteiger partial charge is 0.438 e. The Morgan fingerprint density at radius 1 is 1.33 bits per heavy atom. The molecule has 0 atom stereocenters. The van der Waals surface area contributed by atoms with E-state index in [0.29, 0.717) is 5.69 Å². The summed E-state index contributed by atoms with van der Waals surface area (Å²) >= 11 is 0. The second-order valence-corrected chi connectivity index (χ2v) is 4.85. The van der Waals surface area contributed by atoms with E-state index in [1.165, 1.54) is 12.3 Å². The van der Waals surface area contributed by atoms with Crippen LogP contribution in [0.15, 0.2) is 46.2 Å². The van der Waals surface area contributed by atoms with Crippen LogP contribution < -0.4 is 10.5 Å². The number of sulfonamides is 1. The van der Waals surface area contributed by atoms with Gasteiger partial charge in [0.05, 0.1) is 11.9 Å². The molecule has 18 heavy (non-hydrogen) atoms. The quantitative estimate of drug-likeness (QED) is 0.843. The lowest BCUT2D eigenvalue weighted by Crippen LogP contribution is -2.12. The first-order valence-electron chi connectivity index (χ1n) is 4.81. The zero-order valence-electron chi connectivity index (χ0n) is 9.03. The first-order chi connectivity index (χ1) is 8.47. The van der Waals surface area contributed by atoms with Gasteiger partial charge in [0, 0.05) is 6.20 Å². The molecule has 2 rings (SSSR count). The van der Waals surface area contributed by atoms with Gasteiger partial charge < -0.3 is 9.73 Å². The number of nitrogens with one attached hydrogen (secondary N) is 1. The number of nitrogens with two attached hydrogens (primary N) is 1. The zero-order valence-corrected chi connectivity index (χ0v) is 9.85. The number of rotatable bonds is 3. The first kappa shape index (κ1) is 12.3. The Morgan fingerprint density at radius 2 is 2.11 bits per heavy atom. The normalized spacial score (nSPS) is 11.2. The molecule has 1 amide bonds. The van der Waals surface area contributed by atoms with Crippen LogP contribution in [0.25, 0.3) is 0 Å². The summed E-state index contributed by atoms with van der Waals surface area (Å²) in [5.41, 5.74) is 0.469. The number of hydrogen-bond acceptors (Lipinski definition) is 5. The molecule has 0 aliphatic carbocycles. The van der Waals surface area contributed by atoms with Crippen LogP contribution in [0.2, 0.25) is 0 Å². The van der Waals surface area contributed by atoms with Crippen LogP contribution in [-0.2, 0) is 10.0 Å². The number of carbonyl (C=O) groups excluding carboxylic acids is 1. The number of primary sulfonamides is 1. The van der Waals surface area contributed by atoms with E-state index in [4.69, 9.17) is 9.56 Å². The average Bonchev–Trinajstić information content (AvgIpc) is 2.79. The summed E-state index contributed by atoms with van der Waals surface area (Å²) in [6, 6.07) is 5.63. The van der Waals surface area contributed by atoms with E-state index in [9.17, 15) is 13.2 Å². The number of amides is 1. The standard InChI is InChI=1S/C10H9N3O4S/c11-18(15,16)9-4-3-8(17-9)10(14)13-7-2-1-5-12-6-7/h1-6H,(H,13,14)(H2,11,15,16). The lowest BCUT2D eigenvalue weighted by atomic mass is 10.4. The number of furan rings is 1. The molecule has 0 aliphatic heterocycles. The van der Waals surface area contributed by atoms with Crippen LogP contribution in [0.3, 0.4) is 0 Å². The maximum Gasteiger partial charge on any atom is 0.291 e. The maximum atomic E-state index is 11.7. The van der Waals surface area contributed by atoms with Crippen molar-refractivity contribution in [2.45, 2.75) is 5.09 Å². The highest BCUT2D eigenvalue weighted by Gasteiger charge is 2.17.